The van der Waals surface area contributed by atoms with Crippen molar-refractivity contribution < 1.29 is 9.72 Å². The summed E-state index contributed by atoms with van der Waals surface area (Å²) in [5.74, 6) is -0.0911. The number of benzene rings is 1. The van der Waals surface area contributed by atoms with Gasteiger partial charge in [-0.25, -0.2) is 0 Å². The van der Waals surface area contributed by atoms with Gasteiger partial charge in [0.2, 0.25) is 0 Å². The van der Waals surface area contributed by atoms with E-state index >= 15 is 0 Å². The van der Waals surface area contributed by atoms with Crippen LogP contribution in [0.5, 0.6) is 0 Å². The standard InChI is InChI=1S/C11H11NO3/c1-7-5-6-9(12(14)15)11-8(7)3-2-4-10(11)13/h5-6H,2-4H2,1H3. The molecule has 1 aliphatic rings. The van der Waals surface area contributed by atoms with E-state index in [1.165, 1.54) is 6.07 Å². The number of Topliss-reactive ketones (excluding diaryl/α,β-unsaturated/α-hetero) is 1. The molecule has 0 spiro atoms. The molecular formula is C11H11NO3. The number of fused-ring (bicyclic) bond motifs is 1. The first kappa shape index (κ1) is 9.83. The maximum Gasteiger partial charge on any atom is 0.280 e. The van der Waals surface area contributed by atoms with Crippen LogP contribution in [0.2, 0.25) is 0 Å². The fourth-order valence-corrected chi connectivity index (χ4v) is 2.08. The number of carbonyl (C=O) groups excluding carboxylic acids is 1. The Morgan fingerprint density at radius 3 is 2.73 bits per heavy atom. The first-order chi connectivity index (χ1) is 7.11. The van der Waals surface area contributed by atoms with E-state index in [2.05, 4.69) is 0 Å². The van der Waals surface area contributed by atoms with Crippen molar-refractivity contribution in [3.8, 4) is 0 Å². The summed E-state index contributed by atoms with van der Waals surface area (Å²) in [6.45, 7) is 1.89. The number of hydrogen-bond donors (Lipinski definition) is 0. The summed E-state index contributed by atoms with van der Waals surface area (Å²) in [5.41, 5.74) is 2.13. The molecule has 1 aliphatic carbocycles. The van der Waals surface area contributed by atoms with E-state index in [0.717, 1.165) is 24.0 Å². The minimum atomic E-state index is -0.471. The first-order valence-corrected chi connectivity index (χ1v) is 4.91. The number of nitrogens with zero attached hydrogens (tertiary/aromatic N) is 1. The van der Waals surface area contributed by atoms with E-state index in [4.69, 9.17) is 0 Å². The van der Waals surface area contributed by atoms with Crippen LogP contribution < -0.4 is 0 Å². The number of ketones is 1. The highest BCUT2D eigenvalue weighted by molar-refractivity contribution is 6.02. The van der Waals surface area contributed by atoms with Gasteiger partial charge in [-0.15, -0.1) is 0 Å². The molecule has 1 aromatic carbocycles. The number of nitro groups is 1. The third-order valence-electron chi connectivity index (χ3n) is 2.83. The molecule has 0 aliphatic heterocycles. The highest BCUT2D eigenvalue weighted by Gasteiger charge is 2.27. The molecule has 0 heterocycles. The molecule has 2 rings (SSSR count). The van der Waals surface area contributed by atoms with Crippen molar-refractivity contribution in [2.75, 3.05) is 0 Å². The highest BCUT2D eigenvalue weighted by Crippen LogP contribution is 2.31. The predicted octanol–water partition coefficient (Wildman–Crippen LogP) is 2.42. The number of carbonyl (C=O) groups is 1. The quantitative estimate of drug-likeness (QED) is 0.522. The number of hydrogen-bond acceptors (Lipinski definition) is 3. The molecule has 0 bridgehead atoms. The van der Waals surface area contributed by atoms with E-state index in [1.807, 2.05) is 6.92 Å². The average molecular weight is 205 g/mol. The van der Waals surface area contributed by atoms with Crippen molar-refractivity contribution in [2.45, 2.75) is 26.2 Å². The Labute approximate surface area is 87.1 Å². The van der Waals surface area contributed by atoms with Crippen molar-refractivity contribution >= 4 is 11.5 Å². The number of aryl methyl sites for hydroxylation is 1. The molecule has 0 radical (unpaired) electrons. The molecule has 78 valence electrons. The predicted molar refractivity (Wildman–Crippen MR) is 55.1 cm³/mol. The third-order valence-corrected chi connectivity index (χ3v) is 2.83. The molecule has 1 aromatic rings. The number of nitro benzene ring substituents is 1. The zero-order valence-corrected chi connectivity index (χ0v) is 8.45. The fourth-order valence-electron chi connectivity index (χ4n) is 2.08. The van der Waals surface area contributed by atoms with Gasteiger partial charge in [0.05, 0.1) is 10.5 Å². The van der Waals surface area contributed by atoms with Gasteiger partial charge in [-0.2, -0.15) is 0 Å². The lowest BCUT2D eigenvalue weighted by Crippen LogP contribution is -2.14. The van der Waals surface area contributed by atoms with Gasteiger partial charge in [-0.1, -0.05) is 6.07 Å². The second-order valence-electron chi connectivity index (χ2n) is 3.79. The van der Waals surface area contributed by atoms with Gasteiger partial charge in [-0.3, -0.25) is 14.9 Å². The molecule has 0 aromatic heterocycles. The van der Waals surface area contributed by atoms with Crippen molar-refractivity contribution in [1.82, 2.24) is 0 Å². The second kappa shape index (κ2) is 3.46. The molecule has 0 amide bonds. The largest absolute Gasteiger partial charge is 0.294 e. The molecule has 0 saturated heterocycles. The van der Waals surface area contributed by atoms with Crippen LogP contribution in [0.4, 0.5) is 5.69 Å². The minimum absolute atomic E-state index is 0.0414. The third kappa shape index (κ3) is 1.52. The lowest BCUT2D eigenvalue weighted by atomic mass is 9.86. The Morgan fingerprint density at radius 1 is 1.33 bits per heavy atom. The van der Waals surface area contributed by atoms with Crippen LogP contribution in [0.25, 0.3) is 0 Å². The van der Waals surface area contributed by atoms with Gasteiger partial charge in [-0.05, 0) is 30.9 Å². The van der Waals surface area contributed by atoms with E-state index < -0.39 is 4.92 Å². The minimum Gasteiger partial charge on any atom is -0.294 e. The van der Waals surface area contributed by atoms with Crippen molar-refractivity contribution in [2.24, 2.45) is 0 Å². The molecule has 0 unspecified atom stereocenters. The Balaban J connectivity index is 2.70. The van der Waals surface area contributed by atoms with Crippen molar-refractivity contribution in [1.29, 1.82) is 0 Å². The summed E-state index contributed by atoms with van der Waals surface area (Å²) >= 11 is 0. The van der Waals surface area contributed by atoms with Crippen LogP contribution in [-0.2, 0) is 6.42 Å². The van der Waals surface area contributed by atoms with E-state index in [0.29, 0.717) is 12.0 Å². The average Bonchev–Trinajstić information content (AvgIpc) is 2.19. The van der Waals surface area contributed by atoms with Gasteiger partial charge in [0.15, 0.2) is 5.78 Å². The van der Waals surface area contributed by atoms with Gasteiger partial charge < -0.3 is 0 Å². The highest BCUT2D eigenvalue weighted by atomic mass is 16.6. The summed E-state index contributed by atoms with van der Waals surface area (Å²) in [7, 11) is 0. The first-order valence-electron chi connectivity index (χ1n) is 4.91. The molecule has 15 heavy (non-hydrogen) atoms. The zero-order chi connectivity index (χ0) is 11.0. The molecule has 4 heteroatoms. The fraction of sp³-hybridized carbons (Fsp3) is 0.364. The summed E-state index contributed by atoms with van der Waals surface area (Å²) in [4.78, 5) is 22.0. The summed E-state index contributed by atoms with van der Waals surface area (Å²) < 4.78 is 0. The van der Waals surface area contributed by atoms with E-state index in [9.17, 15) is 14.9 Å². The SMILES string of the molecule is Cc1ccc([N+](=O)[O-])c2c1CCCC2=O. The molecule has 0 saturated carbocycles. The molecule has 4 nitrogen and oxygen atoms in total. The number of rotatable bonds is 1. The maximum absolute atomic E-state index is 11.7. The van der Waals surface area contributed by atoms with Gasteiger partial charge in [0, 0.05) is 12.5 Å². The van der Waals surface area contributed by atoms with Crippen LogP contribution >= 0.6 is 0 Å². The summed E-state index contributed by atoms with van der Waals surface area (Å²) in [5, 5.41) is 10.8. The topological polar surface area (TPSA) is 60.2 Å². The van der Waals surface area contributed by atoms with Crippen molar-refractivity contribution in [3.63, 3.8) is 0 Å². The van der Waals surface area contributed by atoms with Crippen LogP contribution in [0, 0.1) is 17.0 Å². The van der Waals surface area contributed by atoms with Gasteiger partial charge in [0.1, 0.15) is 0 Å². The Kier molecular flexibility index (Phi) is 2.26. The van der Waals surface area contributed by atoms with Crippen LogP contribution in [-0.4, -0.2) is 10.7 Å². The smallest absolute Gasteiger partial charge is 0.280 e. The van der Waals surface area contributed by atoms with Gasteiger partial charge >= 0.3 is 0 Å². The van der Waals surface area contributed by atoms with Crippen LogP contribution in [0.15, 0.2) is 12.1 Å². The van der Waals surface area contributed by atoms with Crippen LogP contribution in [0.3, 0.4) is 0 Å². The Bertz CT molecular complexity index is 451. The van der Waals surface area contributed by atoms with Crippen molar-refractivity contribution in [3.05, 3.63) is 38.9 Å². The van der Waals surface area contributed by atoms with Crippen LogP contribution in [0.1, 0.15) is 34.3 Å². The lowest BCUT2D eigenvalue weighted by Gasteiger charge is -2.16. The monoisotopic (exact) mass is 205 g/mol. The molecule has 0 N–H and O–H groups in total. The Morgan fingerprint density at radius 2 is 2.07 bits per heavy atom. The molecule has 0 atom stereocenters. The van der Waals surface area contributed by atoms with Gasteiger partial charge in [0.25, 0.3) is 5.69 Å². The maximum atomic E-state index is 11.7. The second-order valence-corrected chi connectivity index (χ2v) is 3.79. The normalized spacial score (nSPS) is 14.9. The van der Waals surface area contributed by atoms with E-state index in [-0.39, 0.29) is 11.5 Å². The molecule has 0 fully saturated rings. The van der Waals surface area contributed by atoms with E-state index in [1.54, 1.807) is 6.07 Å². The summed E-state index contributed by atoms with van der Waals surface area (Å²) in [6.07, 6.45) is 2.00. The summed E-state index contributed by atoms with van der Waals surface area (Å²) in [6, 6.07) is 3.15. The lowest BCUT2D eigenvalue weighted by molar-refractivity contribution is -0.385. The Hall–Kier alpha value is -1.71. The zero-order valence-electron chi connectivity index (χ0n) is 8.45. The molecular weight excluding hydrogens is 194 g/mol.